The number of fused-ring (bicyclic) bond motifs is 3. The van der Waals surface area contributed by atoms with Crippen molar-refractivity contribution in [3.05, 3.63) is 41.5 Å². The monoisotopic (exact) mass is 506 g/mol. The van der Waals surface area contributed by atoms with Crippen LogP contribution in [0.25, 0.3) is 11.1 Å². The van der Waals surface area contributed by atoms with Crippen LogP contribution >= 0.6 is 0 Å². The lowest BCUT2D eigenvalue weighted by Gasteiger charge is -2.26. The van der Waals surface area contributed by atoms with E-state index in [1.807, 2.05) is 30.3 Å². The van der Waals surface area contributed by atoms with Crippen molar-refractivity contribution in [1.82, 2.24) is 9.80 Å². The number of hydrogen-bond donors (Lipinski definition) is 0. The zero-order valence-electron chi connectivity index (χ0n) is 22.4. The van der Waals surface area contributed by atoms with Gasteiger partial charge in [-0.15, -0.1) is 0 Å². The van der Waals surface area contributed by atoms with E-state index in [-0.39, 0.29) is 5.78 Å². The van der Waals surface area contributed by atoms with E-state index in [2.05, 4.69) is 16.7 Å². The number of rotatable bonds is 12. The van der Waals surface area contributed by atoms with Crippen LogP contribution in [0.4, 0.5) is 0 Å². The SMILES string of the molecule is CCCCOc1ccc(OCCN2CCCCC2)c2c1-c1c(OCCN3CCCCC3)cccc1C2=O. The van der Waals surface area contributed by atoms with Gasteiger partial charge >= 0.3 is 0 Å². The van der Waals surface area contributed by atoms with Crippen molar-refractivity contribution in [2.24, 2.45) is 0 Å². The number of piperidine rings is 2. The van der Waals surface area contributed by atoms with Gasteiger partial charge in [0.05, 0.1) is 12.2 Å². The van der Waals surface area contributed by atoms with E-state index < -0.39 is 0 Å². The predicted octanol–water partition coefficient (Wildman–Crippen LogP) is 5.81. The fourth-order valence-electron chi connectivity index (χ4n) is 5.77. The van der Waals surface area contributed by atoms with Crippen molar-refractivity contribution in [1.29, 1.82) is 0 Å². The minimum absolute atomic E-state index is 0.000365. The lowest BCUT2D eigenvalue weighted by molar-refractivity contribution is 0.103. The molecule has 0 unspecified atom stereocenters. The van der Waals surface area contributed by atoms with Gasteiger partial charge in [-0.1, -0.05) is 38.3 Å². The summed E-state index contributed by atoms with van der Waals surface area (Å²) in [5.41, 5.74) is 2.99. The molecule has 6 heteroatoms. The molecule has 37 heavy (non-hydrogen) atoms. The number of hydrogen-bond acceptors (Lipinski definition) is 6. The molecule has 0 amide bonds. The van der Waals surface area contributed by atoms with Crippen molar-refractivity contribution in [3.63, 3.8) is 0 Å². The van der Waals surface area contributed by atoms with Gasteiger partial charge in [0.2, 0.25) is 0 Å². The third kappa shape index (κ3) is 6.12. The van der Waals surface area contributed by atoms with Gasteiger partial charge in [-0.25, -0.2) is 0 Å². The summed E-state index contributed by atoms with van der Waals surface area (Å²) >= 11 is 0. The van der Waals surface area contributed by atoms with Crippen molar-refractivity contribution >= 4 is 5.78 Å². The lowest BCUT2D eigenvalue weighted by atomic mass is 10.0. The Morgan fingerprint density at radius 3 is 1.78 bits per heavy atom. The lowest BCUT2D eigenvalue weighted by Crippen LogP contribution is -2.33. The highest BCUT2D eigenvalue weighted by Crippen LogP contribution is 2.50. The summed E-state index contributed by atoms with van der Waals surface area (Å²) in [7, 11) is 0. The van der Waals surface area contributed by atoms with Crippen LogP contribution in [0.3, 0.4) is 0 Å². The predicted molar refractivity (Wildman–Crippen MR) is 147 cm³/mol. The van der Waals surface area contributed by atoms with Crippen LogP contribution in [-0.2, 0) is 0 Å². The summed E-state index contributed by atoms with van der Waals surface area (Å²) in [6, 6.07) is 9.70. The van der Waals surface area contributed by atoms with Gasteiger partial charge in [-0.2, -0.15) is 0 Å². The molecular weight excluding hydrogens is 464 g/mol. The van der Waals surface area contributed by atoms with E-state index >= 15 is 0 Å². The molecule has 2 heterocycles. The number of nitrogens with zero attached hydrogens (tertiary/aromatic N) is 2. The Bertz CT molecular complexity index is 1060. The zero-order valence-corrected chi connectivity index (χ0v) is 22.4. The Morgan fingerprint density at radius 2 is 1.19 bits per heavy atom. The molecule has 1 aliphatic carbocycles. The molecule has 2 aromatic rings. The second-order valence-electron chi connectivity index (χ2n) is 10.5. The summed E-state index contributed by atoms with van der Waals surface area (Å²) < 4.78 is 18.8. The third-order valence-corrected chi connectivity index (χ3v) is 7.86. The van der Waals surface area contributed by atoms with E-state index in [0.29, 0.717) is 36.7 Å². The van der Waals surface area contributed by atoms with E-state index in [0.717, 1.165) is 74.7 Å². The van der Waals surface area contributed by atoms with E-state index in [1.54, 1.807) is 0 Å². The van der Waals surface area contributed by atoms with Gasteiger partial charge < -0.3 is 14.2 Å². The molecule has 2 aromatic carbocycles. The maximum absolute atomic E-state index is 13.7. The van der Waals surface area contributed by atoms with Crippen molar-refractivity contribution in [2.45, 2.75) is 58.3 Å². The van der Waals surface area contributed by atoms with E-state index in [4.69, 9.17) is 14.2 Å². The first-order chi connectivity index (χ1) is 18.3. The highest BCUT2D eigenvalue weighted by Gasteiger charge is 2.35. The molecule has 0 aromatic heterocycles. The molecule has 5 rings (SSSR count). The van der Waals surface area contributed by atoms with Gasteiger partial charge in [0.15, 0.2) is 5.78 Å². The van der Waals surface area contributed by atoms with E-state index in [9.17, 15) is 4.79 Å². The smallest absolute Gasteiger partial charge is 0.198 e. The molecule has 2 fully saturated rings. The second kappa shape index (κ2) is 12.8. The number of benzene rings is 2. The van der Waals surface area contributed by atoms with Crippen LogP contribution in [0.5, 0.6) is 17.2 Å². The Kier molecular flexibility index (Phi) is 9.01. The Morgan fingerprint density at radius 1 is 0.649 bits per heavy atom. The first-order valence-electron chi connectivity index (χ1n) is 14.4. The molecule has 0 N–H and O–H groups in total. The van der Waals surface area contributed by atoms with Crippen molar-refractivity contribution < 1.29 is 19.0 Å². The van der Waals surface area contributed by atoms with Gasteiger partial charge in [0, 0.05) is 29.8 Å². The highest BCUT2D eigenvalue weighted by molar-refractivity contribution is 6.25. The molecule has 200 valence electrons. The zero-order chi connectivity index (χ0) is 25.5. The largest absolute Gasteiger partial charge is 0.493 e. The van der Waals surface area contributed by atoms with Gasteiger partial charge in [-0.05, 0) is 76.5 Å². The number of carbonyl (C=O) groups excluding carboxylic acids is 1. The minimum Gasteiger partial charge on any atom is -0.493 e. The van der Waals surface area contributed by atoms with Crippen LogP contribution in [-0.4, -0.2) is 74.7 Å². The molecular formula is C31H42N2O4. The quantitative estimate of drug-likeness (QED) is 0.289. The number of ether oxygens (including phenoxy) is 3. The first-order valence-corrected chi connectivity index (χ1v) is 14.4. The van der Waals surface area contributed by atoms with Crippen LogP contribution in [0.15, 0.2) is 30.3 Å². The minimum atomic E-state index is 0.000365. The number of carbonyl (C=O) groups is 1. The Hall–Kier alpha value is -2.57. The second-order valence-corrected chi connectivity index (χ2v) is 10.5. The summed E-state index contributed by atoms with van der Waals surface area (Å²) in [6.07, 6.45) is 9.72. The van der Waals surface area contributed by atoms with Crippen LogP contribution in [0.1, 0.15) is 74.2 Å². The summed E-state index contributed by atoms with van der Waals surface area (Å²) in [5, 5.41) is 0. The normalized spacial score (nSPS) is 17.9. The first kappa shape index (κ1) is 26.1. The molecule has 0 atom stereocenters. The van der Waals surface area contributed by atoms with Crippen LogP contribution < -0.4 is 14.2 Å². The van der Waals surface area contributed by atoms with E-state index in [1.165, 1.54) is 38.5 Å². The maximum Gasteiger partial charge on any atom is 0.198 e. The third-order valence-electron chi connectivity index (χ3n) is 7.86. The Labute approximate surface area is 221 Å². The number of unbranched alkanes of at least 4 members (excludes halogenated alkanes) is 1. The molecule has 3 aliphatic rings. The number of ketones is 1. The molecule has 6 nitrogen and oxygen atoms in total. The fraction of sp³-hybridized carbons (Fsp3) is 0.581. The Balaban J connectivity index is 1.38. The standard InChI is InChI=1S/C31H42N2O4/c1-2-3-21-35-26-13-14-27(37-23-20-33-17-8-5-9-18-33)30-29(26)28-24(31(30)34)11-10-12-25(28)36-22-19-32-15-6-4-7-16-32/h10-14H,2-9,15-23H2,1H3. The summed E-state index contributed by atoms with van der Waals surface area (Å²) in [5.74, 6) is 2.15. The average Bonchev–Trinajstić information content (AvgIpc) is 3.25. The van der Waals surface area contributed by atoms with Gasteiger partial charge in [0.25, 0.3) is 0 Å². The summed E-state index contributed by atoms with van der Waals surface area (Å²) in [6.45, 7) is 10.3. The molecule has 0 bridgehead atoms. The van der Waals surface area contributed by atoms with Crippen LogP contribution in [0, 0.1) is 0 Å². The maximum atomic E-state index is 13.7. The fourth-order valence-corrected chi connectivity index (χ4v) is 5.77. The summed E-state index contributed by atoms with van der Waals surface area (Å²) in [4.78, 5) is 18.6. The molecule has 2 saturated heterocycles. The van der Waals surface area contributed by atoms with Gasteiger partial charge in [0.1, 0.15) is 30.5 Å². The highest BCUT2D eigenvalue weighted by atomic mass is 16.5. The molecule has 0 radical (unpaired) electrons. The topological polar surface area (TPSA) is 51.2 Å². The molecule has 2 aliphatic heterocycles. The number of likely N-dealkylation sites (tertiary alicyclic amines) is 2. The van der Waals surface area contributed by atoms with Crippen LogP contribution in [0.2, 0.25) is 0 Å². The van der Waals surface area contributed by atoms with Crippen molar-refractivity contribution in [3.8, 4) is 28.4 Å². The molecule has 0 spiro atoms. The molecule has 0 saturated carbocycles. The van der Waals surface area contributed by atoms with Crippen molar-refractivity contribution in [2.75, 3.05) is 59.1 Å². The van der Waals surface area contributed by atoms with Gasteiger partial charge in [-0.3, -0.25) is 14.6 Å². The average molecular weight is 507 g/mol.